The van der Waals surface area contributed by atoms with Gasteiger partial charge >= 0.3 is 5.97 Å². The van der Waals surface area contributed by atoms with Crippen LogP contribution in [0.15, 0.2) is 0 Å². The van der Waals surface area contributed by atoms with E-state index in [-0.39, 0.29) is 6.54 Å². The lowest BCUT2D eigenvalue weighted by Gasteiger charge is -2.28. The Balaban J connectivity index is 2.38. The molecule has 1 saturated carbocycles. The highest BCUT2D eigenvalue weighted by atomic mass is 19.1. The van der Waals surface area contributed by atoms with E-state index in [2.05, 4.69) is 5.32 Å². The summed E-state index contributed by atoms with van der Waals surface area (Å²) in [5, 5.41) is 11.8. The smallest absolute Gasteiger partial charge is 0.314 e. The summed E-state index contributed by atoms with van der Waals surface area (Å²) in [6.07, 6.45) is 1.57. The van der Waals surface area contributed by atoms with Crippen LogP contribution in [0.2, 0.25) is 0 Å². The van der Waals surface area contributed by atoms with E-state index in [1.54, 1.807) is 0 Å². The fraction of sp³-hybridized carbons (Fsp3) is 0.875. The standard InChI is InChI=1S/C8H12FNO2/c9-8-3-1-2-7(8,6(11)12)4-10-5-8/h10H,1-5H2,(H,11,12). The summed E-state index contributed by atoms with van der Waals surface area (Å²) >= 11 is 0. The normalized spacial score (nSPS) is 46.1. The molecule has 2 atom stereocenters. The highest BCUT2D eigenvalue weighted by molar-refractivity contribution is 5.78. The molecule has 1 heterocycles. The molecule has 0 spiro atoms. The molecule has 0 aromatic rings. The third-order valence-corrected chi connectivity index (χ3v) is 3.28. The van der Waals surface area contributed by atoms with E-state index in [1.807, 2.05) is 0 Å². The van der Waals surface area contributed by atoms with Gasteiger partial charge in [0.15, 0.2) is 0 Å². The van der Waals surface area contributed by atoms with Crippen molar-refractivity contribution in [1.29, 1.82) is 0 Å². The number of halogens is 1. The van der Waals surface area contributed by atoms with Gasteiger partial charge in [-0.15, -0.1) is 0 Å². The lowest BCUT2D eigenvalue weighted by Crippen LogP contribution is -2.45. The molecule has 2 fully saturated rings. The fourth-order valence-electron chi connectivity index (χ4n) is 2.49. The van der Waals surface area contributed by atoms with Gasteiger partial charge < -0.3 is 10.4 Å². The van der Waals surface area contributed by atoms with Crippen molar-refractivity contribution in [1.82, 2.24) is 5.32 Å². The number of fused-ring (bicyclic) bond motifs is 1. The predicted octanol–water partition coefficient (Wildman–Crippen LogP) is 0.553. The summed E-state index contributed by atoms with van der Waals surface area (Å²) in [7, 11) is 0. The molecule has 0 amide bonds. The van der Waals surface area contributed by atoms with Crippen molar-refractivity contribution >= 4 is 5.97 Å². The molecule has 1 saturated heterocycles. The van der Waals surface area contributed by atoms with E-state index in [0.29, 0.717) is 25.8 Å². The monoisotopic (exact) mass is 173 g/mol. The van der Waals surface area contributed by atoms with Crippen molar-refractivity contribution in [3.8, 4) is 0 Å². The third kappa shape index (κ3) is 0.710. The number of carbonyl (C=O) groups is 1. The van der Waals surface area contributed by atoms with E-state index in [9.17, 15) is 9.18 Å². The third-order valence-electron chi connectivity index (χ3n) is 3.28. The van der Waals surface area contributed by atoms with Crippen LogP contribution in [0.4, 0.5) is 4.39 Å². The largest absolute Gasteiger partial charge is 0.481 e. The van der Waals surface area contributed by atoms with Crippen LogP contribution >= 0.6 is 0 Å². The van der Waals surface area contributed by atoms with Crippen LogP contribution < -0.4 is 5.32 Å². The van der Waals surface area contributed by atoms with Gasteiger partial charge in [0, 0.05) is 13.1 Å². The molecular formula is C8H12FNO2. The summed E-state index contributed by atoms with van der Waals surface area (Å²) in [4.78, 5) is 10.9. The molecule has 12 heavy (non-hydrogen) atoms. The number of hydrogen-bond acceptors (Lipinski definition) is 2. The Hall–Kier alpha value is -0.640. The molecule has 2 rings (SSSR count). The Bertz CT molecular complexity index is 219. The molecule has 0 aromatic carbocycles. The Kier molecular flexibility index (Phi) is 1.46. The Morgan fingerprint density at radius 3 is 2.75 bits per heavy atom. The molecule has 2 N–H and O–H groups in total. The summed E-state index contributed by atoms with van der Waals surface area (Å²) in [5.74, 6) is -0.979. The van der Waals surface area contributed by atoms with Crippen LogP contribution in [0, 0.1) is 5.41 Å². The van der Waals surface area contributed by atoms with Gasteiger partial charge in [0.25, 0.3) is 0 Å². The van der Waals surface area contributed by atoms with Crippen molar-refractivity contribution in [3.05, 3.63) is 0 Å². The molecule has 3 nitrogen and oxygen atoms in total. The molecule has 1 aliphatic carbocycles. The summed E-state index contributed by atoms with van der Waals surface area (Å²) in [5.41, 5.74) is -2.61. The van der Waals surface area contributed by atoms with Gasteiger partial charge in [-0.3, -0.25) is 4.79 Å². The van der Waals surface area contributed by atoms with Crippen LogP contribution in [0.5, 0.6) is 0 Å². The second kappa shape index (κ2) is 2.19. The number of carboxylic acid groups (broad SMARTS) is 1. The Labute approximate surface area is 70.0 Å². The first-order valence-electron chi connectivity index (χ1n) is 4.24. The number of alkyl halides is 1. The molecular weight excluding hydrogens is 161 g/mol. The molecule has 0 bridgehead atoms. The van der Waals surface area contributed by atoms with E-state index in [1.165, 1.54) is 0 Å². The van der Waals surface area contributed by atoms with Crippen molar-refractivity contribution < 1.29 is 14.3 Å². The minimum Gasteiger partial charge on any atom is -0.481 e. The van der Waals surface area contributed by atoms with Gasteiger partial charge in [-0.1, -0.05) is 0 Å². The second-order valence-corrected chi connectivity index (χ2v) is 3.81. The number of aliphatic carboxylic acids is 1. The molecule has 0 aromatic heterocycles. The van der Waals surface area contributed by atoms with Gasteiger partial charge in [-0.2, -0.15) is 0 Å². The average molecular weight is 173 g/mol. The highest BCUT2D eigenvalue weighted by Crippen LogP contribution is 2.51. The van der Waals surface area contributed by atoms with Gasteiger partial charge in [-0.25, -0.2) is 4.39 Å². The summed E-state index contributed by atoms with van der Waals surface area (Å²) in [6, 6.07) is 0. The fourth-order valence-corrected chi connectivity index (χ4v) is 2.49. The van der Waals surface area contributed by atoms with Gasteiger partial charge in [-0.05, 0) is 19.3 Å². The maximum absolute atomic E-state index is 14.0. The first-order valence-corrected chi connectivity index (χ1v) is 4.24. The van der Waals surface area contributed by atoms with E-state index in [4.69, 9.17) is 5.11 Å². The zero-order chi connectivity index (χ0) is 8.82. The number of hydrogen-bond donors (Lipinski definition) is 2. The van der Waals surface area contributed by atoms with E-state index >= 15 is 0 Å². The van der Waals surface area contributed by atoms with E-state index < -0.39 is 17.1 Å². The van der Waals surface area contributed by atoms with Crippen LogP contribution in [0.1, 0.15) is 19.3 Å². The maximum atomic E-state index is 14.0. The summed E-state index contributed by atoms with van der Waals surface area (Å²) in [6.45, 7) is 0.498. The van der Waals surface area contributed by atoms with Gasteiger partial charge in [0.2, 0.25) is 0 Å². The minimum absolute atomic E-state index is 0.208. The van der Waals surface area contributed by atoms with Crippen molar-refractivity contribution in [2.24, 2.45) is 5.41 Å². The SMILES string of the molecule is O=C(O)C12CCCC1(F)CNC2. The van der Waals surface area contributed by atoms with Gasteiger partial charge in [0.05, 0.1) is 0 Å². The minimum atomic E-state index is -1.49. The van der Waals surface area contributed by atoms with Crippen LogP contribution in [-0.4, -0.2) is 29.8 Å². The van der Waals surface area contributed by atoms with Crippen molar-refractivity contribution in [2.75, 3.05) is 13.1 Å². The van der Waals surface area contributed by atoms with Gasteiger partial charge in [0.1, 0.15) is 11.1 Å². The first-order chi connectivity index (χ1) is 5.61. The number of nitrogens with one attached hydrogen (secondary N) is 1. The number of carboxylic acids is 1. The number of rotatable bonds is 1. The lowest BCUT2D eigenvalue weighted by molar-refractivity contribution is -0.153. The lowest BCUT2D eigenvalue weighted by atomic mass is 9.78. The topological polar surface area (TPSA) is 49.3 Å². The van der Waals surface area contributed by atoms with Crippen LogP contribution in [0.25, 0.3) is 0 Å². The average Bonchev–Trinajstić information content (AvgIpc) is 2.41. The molecule has 1 aliphatic heterocycles. The molecule has 0 radical (unpaired) electrons. The molecule has 2 unspecified atom stereocenters. The summed E-state index contributed by atoms with van der Waals surface area (Å²) < 4.78 is 14.0. The van der Waals surface area contributed by atoms with Crippen LogP contribution in [0.3, 0.4) is 0 Å². The molecule has 2 aliphatic rings. The molecule has 68 valence electrons. The van der Waals surface area contributed by atoms with Crippen molar-refractivity contribution in [3.63, 3.8) is 0 Å². The highest BCUT2D eigenvalue weighted by Gasteiger charge is 2.63. The zero-order valence-corrected chi connectivity index (χ0v) is 6.77. The quantitative estimate of drug-likeness (QED) is 0.609. The molecule has 4 heteroatoms. The van der Waals surface area contributed by atoms with Crippen LogP contribution in [-0.2, 0) is 4.79 Å². The second-order valence-electron chi connectivity index (χ2n) is 3.81. The van der Waals surface area contributed by atoms with E-state index in [0.717, 1.165) is 0 Å². The Morgan fingerprint density at radius 1 is 1.42 bits per heavy atom. The van der Waals surface area contributed by atoms with Crippen molar-refractivity contribution in [2.45, 2.75) is 24.9 Å². The Morgan fingerprint density at radius 2 is 2.17 bits per heavy atom. The predicted molar refractivity (Wildman–Crippen MR) is 40.6 cm³/mol. The maximum Gasteiger partial charge on any atom is 0.314 e. The zero-order valence-electron chi connectivity index (χ0n) is 6.77. The first kappa shape index (κ1) is 7.98.